The number of halogens is 2. The predicted molar refractivity (Wildman–Crippen MR) is 71.7 cm³/mol. The van der Waals surface area contributed by atoms with Gasteiger partial charge in [-0.15, -0.1) is 0 Å². The Balaban J connectivity index is 2.01. The SMILES string of the molecule is COc1cccc([C@@H](C)NCc2nccn2C(F)F)c1. The molecular weight excluding hydrogens is 264 g/mol. The van der Waals surface area contributed by atoms with Gasteiger partial charge in [-0.2, -0.15) is 8.78 Å². The van der Waals surface area contributed by atoms with Crippen LogP contribution in [-0.4, -0.2) is 16.7 Å². The van der Waals surface area contributed by atoms with Crippen molar-refractivity contribution in [3.63, 3.8) is 0 Å². The quantitative estimate of drug-likeness (QED) is 0.884. The molecule has 20 heavy (non-hydrogen) atoms. The molecule has 1 heterocycles. The summed E-state index contributed by atoms with van der Waals surface area (Å²) in [4.78, 5) is 3.93. The predicted octanol–water partition coefficient (Wildman–Crippen LogP) is 3.14. The first-order chi connectivity index (χ1) is 9.61. The van der Waals surface area contributed by atoms with Crippen molar-refractivity contribution in [2.45, 2.75) is 26.1 Å². The molecule has 0 saturated heterocycles. The molecule has 1 N–H and O–H groups in total. The summed E-state index contributed by atoms with van der Waals surface area (Å²) in [5.41, 5.74) is 1.03. The zero-order valence-corrected chi connectivity index (χ0v) is 11.4. The van der Waals surface area contributed by atoms with E-state index in [0.717, 1.165) is 15.9 Å². The Labute approximate surface area is 116 Å². The maximum absolute atomic E-state index is 12.7. The van der Waals surface area contributed by atoms with Crippen LogP contribution in [0.3, 0.4) is 0 Å². The van der Waals surface area contributed by atoms with E-state index >= 15 is 0 Å². The summed E-state index contributed by atoms with van der Waals surface area (Å²) in [6.07, 6.45) is 2.65. The minimum Gasteiger partial charge on any atom is -0.497 e. The number of methoxy groups -OCH3 is 1. The van der Waals surface area contributed by atoms with Gasteiger partial charge in [0.15, 0.2) is 0 Å². The van der Waals surface area contributed by atoms with E-state index in [1.807, 2.05) is 31.2 Å². The van der Waals surface area contributed by atoms with Gasteiger partial charge in [0.1, 0.15) is 11.6 Å². The highest BCUT2D eigenvalue weighted by molar-refractivity contribution is 5.30. The summed E-state index contributed by atoms with van der Waals surface area (Å²) in [5, 5.41) is 3.18. The molecule has 0 aliphatic heterocycles. The van der Waals surface area contributed by atoms with Gasteiger partial charge in [-0.25, -0.2) is 4.98 Å². The fourth-order valence-corrected chi connectivity index (χ4v) is 1.93. The maximum Gasteiger partial charge on any atom is 0.319 e. The maximum atomic E-state index is 12.7. The molecule has 1 aromatic carbocycles. The molecule has 6 heteroatoms. The van der Waals surface area contributed by atoms with Crippen LogP contribution in [0.1, 0.15) is 30.9 Å². The van der Waals surface area contributed by atoms with E-state index < -0.39 is 6.55 Å². The Bertz CT molecular complexity index is 557. The zero-order chi connectivity index (χ0) is 14.5. The molecule has 0 aliphatic carbocycles. The molecule has 0 amide bonds. The molecule has 0 spiro atoms. The van der Waals surface area contributed by atoms with Crippen molar-refractivity contribution in [1.29, 1.82) is 0 Å². The van der Waals surface area contributed by atoms with Crippen LogP contribution >= 0.6 is 0 Å². The van der Waals surface area contributed by atoms with Crippen LogP contribution in [0.4, 0.5) is 8.78 Å². The number of nitrogens with one attached hydrogen (secondary N) is 1. The van der Waals surface area contributed by atoms with Gasteiger partial charge in [-0.05, 0) is 24.6 Å². The number of ether oxygens (including phenoxy) is 1. The van der Waals surface area contributed by atoms with Gasteiger partial charge in [0.2, 0.25) is 0 Å². The lowest BCUT2D eigenvalue weighted by Gasteiger charge is -2.15. The van der Waals surface area contributed by atoms with Crippen molar-refractivity contribution in [2.24, 2.45) is 0 Å². The number of rotatable bonds is 6. The third kappa shape index (κ3) is 3.33. The number of alkyl halides is 2. The van der Waals surface area contributed by atoms with Gasteiger partial charge < -0.3 is 10.1 Å². The molecule has 0 saturated carbocycles. The average Bonchev–Trinajstić information content (AvgIpc) is 2.93. The fraction of sp³-hybridized carbons (Fsp3) is 0.357. The van der Waals surface area contributed by atoms with Crippen molar-refractivity contribution < 1.29 is 13.5 Å². The first-order valence-electron chi connectivity index (χ1n) is 6.29. The van der Waals surface area contributed by atoms with E-state index in [9.17, 15) is 8.78 Å². The third-order valence-electron chi connectivity index (χ3n) is 3.12. The normalized spacial score (nSPS) is 12.7. The standard InChI is InChI=1S/C14H17F2N3O/c1-10(11-4-3-5-12(8-11)20-2)18-9-13-17-6-7-19(13)14(15)16/h3-8,10,14,18H,9H2,1-2H3/t10-/m1/s1. The van der Waals surface area contributed by atoms with Gasteiger partial charge in [0.05, 0.1) is 13.7 Å². The van der Waals surface area contributed by atoms with Gasteiger partial charge in [-0.3, -0.25) is 4.57 Å². The van der Waals surface area contributed by atoms with E-state index in [1.54, 1.807) is 7.11 Å². The van der Waals surface area contributed by atoms with Crippen LogP contribution in [0.5, 0.6) is 5.75 Å². The lowest BCUT2D eigenvalue weighted by atomic mass is 10.1. The highest BCUT2D eigenvalue weighted by Crippen LogP contribution is 2.19. The molecule has 0 aliphatic rings. The van der Waals surface area contributed by atoms with Crippen molar-refractivity contribution in [1.82, 2.24) is 14.9 Å². The molecule has 2 aromatic rings. The number of hydrogen-bond donors (Lipinski definition) is 1. The molecule has 4 nitrogen and oxygen atoms in total. The van der Waals surface area contributed by atoms with E-state index in [-0.39, 0.29) is 12.6 Å². The van der Waals surface area contributed by atoms with Gasteiger partial charge >= 0.3 is 6.55 Å². The van der Waals surface area contributed by atoms with Crippen molar-refractivity contribution in [2.75, 3.05) is 7.11 Å². The molecule has 1 aromatic heterocycles. The summed E-state index contributed by atoms with van der Waals surface area (Å²) >= 11 is 0. The van der Waals surface area contributed by atoms with Crippen molar-refractivity contribution in [3.05, 3.63) is 48.0 Å². The number of aromatic nitrogens is 2. The highest BCUT2D eigenvalue weighted by Gasteiger charge is 2.12. The topological polar surface area (TPSA) is 39.1 Å². The molecule has 0 bridgehead atoms. The summed E-state index contributed by atoms with van der Waals surface area (Å²) in [6.45, 7) is -0.332. The number of hydrogen-bond acceptors (Lipinski definition) is 3. The second kappa shape index (κ2) is 6.47. The molecule has 2 rings (SSSR count). The first kappa shape index (κ1) is 14.5. The van der Waals surface area contributed by atoms with Gasteiger partial charge in [0, 0.05) is 18.4 Å². The van der Waals surface area contributed by atoms with Crippen LogP contribution in [0.25, 0.3) is 0 Å². The Hall–Kier alpha value is -1.95. The molecular formula is C14H17F2N3O. The molecule has 108 valence electrons. The second-order valence-electron chi connectivity index (χ2n) is 4.41. The second-order valence-corrected chi connectivity index (χ2v) is 4.41. The van der Waals surface area contributed by atoms with Gasteiger partial charge in [0.25, 0.3) is 0 Å². The van der Waals surface area contributed by atoms with Crippen LogP contribution < -0.4 is 10.1 Å². The fourth-order valence-electron chi connectivity index (χ4n) is 1.93. The van der Waals surface area contributed by atoms with E-state index in [0.29, 0.717) is 5.82 Å². The molecule has 0 radical (unpaired) electrons. The van der Waals surface area contributed by atoms with E-state index in [2.05, 4.69) is 10.3 Å². The zero-order valence-electron chi connectivity index (χ0n) is 11.4. The van der Waals surface area contributed by atoms with Crippen molar-refractivity contribution in [3.8, 4) is 5.75 Å². The Kier molecular flexibility index (Phi) is 4.68. The lowest BCUT2D eigenvalue weighted by Crippen LogP contribution is -2.21. The Morgan fingerprint density at radius 1 is 1.40 bits per heavy atom. The number of imidazole rings is 1. The van der Waals surface area contributed by atoms with Crippen LogP contribution in [0, 0.1) is 0 Å². The molecule has 0 fully saturated rings. The van der Waals surface area contributed by atoms with E-state index in [1.165, 1.54) is 12.4 Å². The van der Waals surface area contributed by atoms with E-state index in [4.69, 9.17) is 4.74 Å². The average molecular weight is 281 g/mol. The third-order valence-corrected chi connectivity index (χ3v) is 3.12. The molecule has 1 atom stereocenters. The highest BCUT2D eigenvalue weighted by atomic mass is 19.3. The van der Waals surface area contributed by atoms with Crippen molar-refractivity contribution >= 4 is 0 Å². The Morgan fingerprint density at radius 2 is 2.20 bits per heavy atom. The lowest BCUT2D eigenvalue weighted by molar-refractivity contribution is 0.0665. The summed E-state index contributed by atoms with van der Waals surface area (Å²) in [5.74, 6) is 1.08. The van der Waals surface area contributed by atoms with Crippen LogP contribution in [0.2, 0.25) is 0 Å². The summed E-state index contributed by atoms with van der Waals surface area (Å²) in [6, 6.07) is 7.64. The van der Waals surface area contributed by atoms with Crippen LogP contribution in [0.15, 0.2) is 36.7 Å². The first-order valence-corrected chi connectivity index (χ1v) is 6.29. The largest absolute Gasteiger partial charge is 0.497 e. The van der Waals surface area contributed by atoms with Gasteiger partial charge in [-0.1, -0.05) is 12.1 Å². The molecule has 0 unspecified atom stereocenters. The summed E-state index contributed by atoms with van der Waals surface area (Å²) in [7, 11) is 1.61. The minimum atomic E-state index is -2.57. The van der Waals surface area contributed by atoms with Crippen LogP contribution in [-0.2, 0) is 6.54 Å². The number of benzene rings is 1. The number of nitrogens with zero attached hydrogens (tertiary/aromatic N) is 2. The summed E-state index contributed by atoms with van der Waals surface area (Å²) < 4.78 is 31.4. The smallest absolute Gasteiger partial charge is 0.319 e. The Morgan fingerprint density at radius 3 is 2.90 bits per heavy atom. The monoisotopic (exact) mass is 281 g/mol. The minimum absolute atomic E-state index is 0.00734.